The number of likely N-dealkylation sites (tertiary alicyclic amines) is 1. The summed E-state index contributed by atoms with van der Waals surface area (Å²) in [6.07, 6.45) is 1.85. The molecular weight excluding hydrogens is 468 g/mol. The third-order valence-electron chi connectivity index (χ3n) is 5.38. The first kappa shape index (κ1) is 23.5. The van der Waals surface area contributed by atoms with Crippen molar-refractivity contribution in [3.8, 4) is 5.75 Å². The van der Waals surface area contributed by atoms with Crippen molar-refractivity contribution in [3.05, 3.63) is 28.2 Å². The Kier molecular flexibility index (Phi) is 6.62. The van der Waals surface area contributed by atoms with Crippen molar-refractivity contribution >= 4 is 33.0 Å². The van der Waals surface area contributed by atoms with Crippen molar-refractivity contribution in [2.24, 2.45) is 0 Å². The molecular formula is C22H33BrN2O4S. The number of fused-ring (bicyclic) bond motifs is 1. The highest BCUT2D eigenvalue weighted by Gasteiger charge is 2.45. The maximum Gasteiger partial charge on any atom is 0.410 e. The number of amides is 1. The monoisotopic (exact) mass is 500 g/mol. The number of piperidine rings is 1. The number of rotatable bonds is 2. The maximum atomic E-state index is 12.9. The molecule has 2 aliphatic rings. The van der Waals surface area contributed by atoms with Crippen LogP contribution in [0.2, 0.25) is 0 Å². The van der Waals surface area contributed by atoms with Gasteiger partial charge in [-0.25, -0.2) is 13.7 Å². The molecule has 8 heteroatoms. The summed E-state index contributed by atoms with van der Waals surface area (Å²) in [7, 11) is -1.20. The Morgan fingerprint density at radius 1 is 1.23 bits per heavy atom. The molecule has 3 rings (SSSR count). The van der Waals surface area contributed by atoms with Crippen LogP contribution in [0.3, 0.4) is 0 Å². The van der Waals surface area contributed by atoms with Crippen molar-refractivity contribution < 1.29 is 18.5 Å². The van der Waals surface area contributed by atoms with Crippen molar-refractivity contribution in [2.75, 3.05) is 13.1 Å². The van der Waals surface area contributed by atoms with E-state index in [1.54, 1.807) is 4.90 Å². The molecule has 1 fully saturated rings. The van der Waals surface area contributed by atoms with E-state index < -0.39 is 16.6 Å². The van der Waals surface area contributed by atoms with Gasteiger partial charge >= 0.3 is 6.09 Å². The second-order valence-electron chi connectivity index (χ2n) is 10.2. The number of ether oxygens (including phenoxy) is 2. The fourth-order valence-corrected chi connectivity index (χ4v) is 4.98. The Morgan fingerprint density at radius 2 is 1.87 bits per heavy atom. The molecule has 0 saturated carbocycles. The smallest absolute Gasteiger partial charge is 0.410 e. The highest BCUT2D eigenvalue weighted by atomic mass is 79.9. The maximum absolute atomic E-state index is 12.9. The van der Waals surface area contributed by atoms with Gasteiger partial charge in [0.25, 0.3) is 0 Å². The molecule has 1 amide bonds. The first-order chi connectivity index (χ1) is 13.8. The van der Waals surface area contributed by atoms with E-state index >= 15 is 0 Å². The lowest BCUT2D eigenvalue weighted by Gasteiger charge is -2.47. The average molecular weight is 501 g/mol. The Bertz CT molecular complexity index is 823. The number of hydrogen-bond acceptors (Lipinski definition) is 4. The van der Waals surface area contributed by atoms with Crippen molar-refractivity contribution in [1.82, 2.24) is 9.62 Å². The molecule has 0 aromatic heterocycles. The van der Waals surface area contributed by atoms with Crippen molar-refractivity contribution in [3.63, 3.8) is 0 Å². The van der Waals surface area contributed by atoms with E-state index in [2.05, 4.69) is 20.7 Å². The highest BCUT2D eigenvalue weighted by molar-refractivity contribution is 9.10. The van der Waals surface area contributed by atoms with Gasteiger partial charge in [0.1, 0.15) is 17.0 Å². The lowest BCUT2D eigenvalue weighted by atomic mass is 9.81. The minimum absolute atomic E-state index is 0.0839. The fraction of sp³-hybridized carbons (Fsp3) is 0.682. The number of carbonyl (C=O) groups is 1. The molecule has 0 unspecified atom stereocenters. The molecule has 2 heterocycles. The second-order valence-corrected chi connectivity index (χ2v) is 13.1. The van der Waals surface area contributed by atoms with Crippen LogP contribution in [0, 0.1) is 0 Å². The van der Waals surface area contributed by atoms with E-state index in [4.69, 9.17) is 9.47 Å². The SMILES string of the molecule is CC(C)(C)OC(=O)N1CCC2(CC1)C[C@H](N[S@@](=O)C(C)(C)C)c1cc(Br)ccc1O2. The van der Waals surface area contributed by atoms with E-state index in [0.29, 0.717) is 32.4 Å². The fourth-order valence-electron chi connectivity index (χ4n) is 3.78. The van der Waals surface area contributed by atoms with Gasteiger partial charge in [-0.3, -0.25) is 0 Å². The number of carbonyl (C=O) groups excluding carboxylic acids is 1. The van der Waals surface area contributed by atoms with Crippen LogP contribution < -0.4 is 9.46 Å². The number of benzene rings is 1. The van der Waals surface area contributed by atoms with E-state index in [1.807, 2.05) is 59.7 Å². The first-order valence-corrected chi connectivity index (χ1v) is 12.4. The van der Waals surface area contributed by atoms with Gasteiger partial charge in [0.2, 0.25) is 0 Å². The molecule has 2 aliphatic heterocycles. The summed E-state index contributed by atoms with van der Waals surface area (Å²) >= 11 is 3.54. The van der Waals surface area contributed by atoms with E-state index in [1.165, 1.54) is 0 Å². The molecule has 1 spiro atoms. The third-order valence-corrected chi connectivity index (χ3v) is 7.49. The minimum atomic E-state index is -1.20. The second kappa shape index (κ2) is 8.43. The zero-order valence-corrected chi connectivity index (χ0v) is 21.1. The molecule has 1 saturated heterocycles. The molecule has 6 nitrogen and oxygen atoms in total. The van der Waals surface area contributed by atoms with Gasteiger partial charge < -0.3 is 14.4 Å². The van der Waals surface area contributed by atoms with Gasteiger partial charge in [-0.1, -0.05) is 15.9 Å². The van der Waals surface area contributed by atoms with Gasteiger partial charge in [-0.2, -0.15) is 0 Å². The molecule has 30 heavy (non-hydrogen) atoms. The number of nitrogens with zero attached hydrogens (tertiary/aromatic N) is 1. The highest BCUT2D eigenvalue weighted by Crippen LogP contribution is 2.45. The van der Waals surface area contributed by atoms with Crippen LogP contribution in [0.15, 0.2) is 22.7 Å². The first-order valence-electron chi connectivity index (χ1n) is 10.4. The molecule has 168 valence electrons. The number of hydrogen-bond donors (Lipinski definition) is 1. The Hall–Kier alpha value is -1.12. The summed E-state index contributed by atoms with van der Waals surface area (Å²) in [5, 5.41) is 0. The lowest BCUT2D eigenvalue weighted by Crippen LogP contribution is -2.54. The average Bonchev–Trinajstić information content (AvgIpc) is 2.60. The largest absolute Gasteiger partial charge is 0.487 e. The molecule has 2 atom stereocenters. The molecule has 0 bridgehead atoms. The van der Waals surface area contributed by atoms with Crippen molar-refractivity contribution in [1.29, 1.82) is 0 Å². The quantitative estimate of drug-likeness (QED) is 0.613. The predicted octanol–water partition coefficient (Wildman–Crippen LogP) is 5.09. The molecule has 1 aromatic carbocycles. The standard InChI is InChI=1S/C22H33BrN2O4S/c1-20(2,3)29-19(26)25-11-9-22(10-12-25)14-17(24-30(27)21(4,5)6)16-13-15(23)7-8-18(16)28-22/h7-8,13,17,24H,9-12,14H2,1-6H3/t17-,30-/m0/s1. The summed E-state index contributed by atoms with van der Waals surface area (Å²) in [6.45, 7) is 12.7. The summed E-state index contributed by atoms with van der Waals surface area (Å²) in [4.78, 5) is 14.2. The van der Waals surface area contributed by atoms with Crippen LogP contribution >= 0.6 is 15.9 Å². The van der Waals surface area contributed by atoms with Gasteiger partial charge in [0.05, 0.1) is 21.8 Å². The van der Waals surface area contributed by atoms with Gasteiger partial charge in [0, 0.05) is 42.4 Å². The van der Waals surface area contributed by atoms with E-state index in [0.717, 1.165) is 15.8 Å². The topological polar surface area (TPSA) is 67.9 Å². The molecule has 0 aliphatic carbocycles. The Labute approximate surface area is 190 Å². The minimum Gasteiger partial charge on any atom is -0.487 e. The summed E-state index contributed by atoms with van der Waals surface area (Å²) in [5.74, 6) is 0.818. The number of nitrogens with one attached hydrogen (secondary N) is 1. The van der Waals surface area contributed by atoms with Gasteiger partial charge in [-0.15, -0.1) is 0 Å². The van der Waals surface area contributed by atoms with Crippen LogP contribution in [0.25, 0.3) is 0 Å². The molecule has 1 N–H and O–H groups in total. The van der Waals surface area contributed by atoms with Crippen LogP contribution in [0.1, 0.15) is 72.4 Å². The Balaban J connectivity index is 1.78. The lowest BCUT2D eigenvalue weighted by molar-refractivity contribution is -0.0330. The van der Waals surface area contributed by atoms with Crippen LogP contribution in [-0.2, 0) is 15.7 Å². The molecule has 0 radical (unpaired) electrons. The van der Waals surface area contributed by atoms with Crippen LogP contribution in [0.5, 0.6) is 5.75 Å². The summed E-state index contributed by atoms with van der Waals surface area (Å²) < 4.78 is 28.8. The van der Waals surface area contributed by atoms with E-state index in [9.17, 15) is 9.00 Å². The van der Waals surface area contributed by atoms with Crippen LogP contribution in [-0.4, -0.2) is 44.2 Å². The summed E-state index contributed by atoms with van der Waals surface area (Å²) in [5.41, 5.74) is 0.118. The third kappa shape index (κ3) is 5.56. The predicted molar refractivity (Wildman–Crippen MR) is 123 cm³/mol. The van der Waals surface area contributed by atoms with Crippen LogP contribution in [0.4, 0.5) is 4.79 Å². The number of halogens is 1. The van der Waals surface area contributed by atoms with Gasteiger partial charge in [0.15, 0.2) is 0 Å². The van der Waals surface area contributed by atoms with Crippen molar-refractivity contribution in [2.45, 2.75) is 82.8 Å². The normalized spacial score (nSPS) is 22.2. The summed E-state index contributed by atoms with van der Waals surface area (Å²) in [6, 6.07) is 5.88. The zero-order valence-electron chi connectivity index (χ0n) is 18.7. The Morgan fingerprint density at radius 3 is 2.43 bits per heavy atom. The zero-order chi connectivity index (χ0) is 22.3. The van der Waals surface area contributed by atoms with Gasteiger partial charge in [-0.05, 0) is 59.7 Å². The van der Waals surface area contributed by atoms with E-state index in [-0.39, 0.29) is 22.5 Å². The molecule has 1 aromatic rings.